The van der Waals surface area contributed by atoms with E-state index in [0.717, 1.165) is 11.1 Å². The number of Topliss-reactive ketones (excluding diaryl/α,β-unsaturated/α-hetero) is 1. The van der Waals surface area contributed by atoms with E-state index in [1.165, 1.54) is 4.90 Å². The number of carbonyl (C=O) groups excluding carboxylic acids is 2. The zero-order chi connectivity index (χ0) is 24.2. The van der Waals surface area contributed by atoms with Crippen LogP contribution in [0.3, 0.4) is 0 Å². The highest BCUT2D eigenvalue weighted by atomic mass is 16.5. The van der Waals surface area contributed by atoms with Crippen LogP contribution >= 0.6 is 0 Å². The Balaban J connectivity index is 1.96. The van der Waals surface area contributed by atoms with E-state index in [0.29, 0.717) is 36.0 Å². The molecule has 3 aromatic carbocycles. The molecular weight excluding hydrogens is 430 g/mol. The van der Waals surface area contributed by atoms with Gasteiger partial charge >= 0.3 is 0 Å². The number of aliphatic hydroxyl groups is 1. The molecule has 3 aromatic rings. The van der Waals surface area contributed by atoms with Gasteiger partial charge < -0.3 is 14.6 Å². The molecular formula is C28H27NO5. The summed E-state index contributed by atoms with van der Waals surface area (Å²) in [6.07, 6.45) is 0. The fourth-order valence-electron chi connectivity index (χ4n) is 4.25. The Labute approximate surface area is 199 Å². The third-order valence-corrected chi connectivity index (χ3v) is 5.78. The predicted molar refractivity (Wildman–Crippen MR) is 131 cm³/mol. The molecule has 1 N–H and O–H groups in total. The van der Waals surface area contributed by atoms with E-state index in [-0.39, 0.29) is 11.3 Å². The minimum atomic E-state index is -0.787. The molecule has 1 unspecified atom stereocenters. The summed E-state index contributed by atoms with van der Waals surface area (Å²) in [5.74, 6) is -0.754. The number of aliphatic hydroxyl groups excluding tert-OH is 1. The normalized spacial score (nSPS) is 17.1. The van der Waals surface area contributed by atoms with Crippen LogP contribution in [0.2, 0.25) is 0 Å². The highest BCUT2D eigenvalue weighted by molar-refractivity contribution is 6.51. The number of ether oxygens (including phenoxy) is 2. The maximum Gasteiger partial charge on any atom is 0.300 e. The molecule has 6 nitrogen and oxygen atoms in total. The second kappa shape index (κ2) is 9.83. The number of amides is 1. The van der Waals surface area contributed by atoms with Crippen LogP contribution in [0.25, 0.3) is 5.76 Å². The number of hydrogen-bond donors (Lipinski definition) is 1. The minimum absolute atomic E-state index is 0.0215. The molecule has 0 aromatic heterocycles. The smallest absolute Gasteiger partial charge is 0.300 e. The highest BCUT2D eigenvalue weighted by Crippen LogP contribution is 2.44. The van der Waals surface area contributed by atoms with Gasteiger partial charge in [0.05, 0.1) is 30.4 Å². The molecule has 0 radical (unpaired) electrons. The predicted octanol–water partition coefficient (Wildman–Crippen LogP) is 5.42. The van der Waals surface area contributed by atoms with E-state index >= 15 is 0 Å². The monoisotopic (exact) mass is 457 g/mol. The van der Waals surface area contributed by atoms with Gasteiger partial charge in [0.2, 0.25) is 0 Å². The summed E-state index contributed by atoms with van der Waals surface area (Å²) in [6, 6.07) is 20.8. The molecule has 4 rings (SSSR count). The van der Waals surface area contributed by atoms with Crippen molar-refractivity contribution in [3.63, 3.8) is 0 Å². The first-order chi connectivity index (χ1) is 16.5. The summed E-state index contributed by atoms with van der Waals surface area (Å²) in [5.41, 5.74) is 2.59. The molecule has 1 fully saturated rings. The van der Waals surface area contributed by atoms with E-state index < -0.39 is 17.7 Å². The summed E-state index contributed by atoms with van der Waals surface area (Å²) < 4.78 is 11.3. The van der Waals surface area contributed by atoms with Gasteiger partial charge in [0, 0.05) is 11.8 Å². The van der Waals surface area contributed by atoms with Crippen LogP contribution in [-0.2, 0) is 9.59 Å². The van der Waals surface area contributed by atoms with Gasteiger partial charge in [-0.1, -0.05) is 42.5 Å². The molecule has 0 aliphatic carbocycles. The van der Waals surface area contributed by atoms with Gasteiger partial charge in [-0.2, -0.15) is 0 Å². The minimum Gasteiger partial charge on any atom is -0.507 e. The zero-order valence-corrected chi connectivity index (χ0v) is 19.4. The van der Waals surface area contributed by atoms with Crippen molar-refractivity contribution in [3.8, 4) is 11.5 Å². The van der Waals surface area contributed by atoms with Crippen molar-refractivity contribution in [2.45, 2.75) is 26.8 Å². The summed E-state index contributed by atoms with van der Waals surface area (Å²) in [5, 5.41) is 11.5. The molecule has 0 spiro atoms. The van der Waals surface area contributed by atoms with Crippen LogP contribution in [0, 0.1) is 6.92 Å². The fourth-order valence-corrected chi connectivity index (χ4v) is 4.25. The lowest BCUT2D eigenvalue weighted by atomic mass is 9.92. The lowest BCUT2D eigenvalue weighted by Gasteiger charge is -2.26. The van der Waals surface area contributed by atoms with E-state index in [1.807, 2.05) is 63.2 Å². The molecule has 174 valence electrons. The highest BCUT2D eigenvalue weighted by Gasteiger charge is 2.47. The number of ketones is 1. The van der Waals surface area contributed by atoms with Crippen LogP contribution in [0.5, 0.6) is 11.5 Å². The molecule has 1 aliphatic heterocycles. The van der Waals surface area contributed by atoms with Crippen molar-refractivity contribution in [1.29, 1.82) is 0 Å². The summed E-state index contributed by atoms with van der Waals surface area (Å²) in [7, 11) is 0. The van der Waals surface area contributed by atoms with E-state index in [4.69, 9.17) is 9.47 Å². The first kappa shape index (κ1) is 23.1. The average molecular weight is 458 g/mol. The van der Waals surface area contributed by atoms with Gasteiger partial charge in [-0.15, -0.1) is 0 Å². The third kappa shape index (κ3) is 4.15. The van der Waals surface area contributed by atoms with Crippen molar-refractivity contribution in [2.24, 2.45) is 0 Å². The number of para-hydroxylation sites is 1. The SMILES string of the molecule is CCOc1ccc(/C(O)=C2\C(=O)C(=O)N(c3ccccc3)C2c2ccccc2C)c(OCC)c1. The first-order valence-corrected chi connectivity index (χ1v) is 11.3. The molecule has 1 saturated heterocycles. The maximum atomic E-state index is 13.4. The van der Waals surface area contributed by atoms with Crippen LogP contribution in [-0.4, -0.2) is 30.0 Å². The van der Waals surface area contributed by atoms with Gasteiger partial charge in [0.1, 0.15) is 17.3 Å². The largest absolute Gasteiger partial charge is 0.507 e. The standard InChI is InChI=1S/C28H27NO5/c1-4-33-20-15-16-22(23(17-20)34-5-2)26(30)24-25(21-14-10-9-11-18(21)3)29(28(32)27(24)31)19-12-7-6-8-13-19/h6-17,25,30H,4-5H2,1-3H3/b26-24+. The quantitative estimate of drug-likeness (QED) is 0.291. The molecule has 1 heterocycles. The Morgan fingerprint density at radius 1 is 0.912 bits per heavy atom. The Morgan fingerprint density at radius 3 is 2.26 bits per heavy atom. The van der Waals surface area contributed by atoms with Crippen molar-refractivity contribution in [3.05, 3.63) is 95.1 Å². The average Bonchev–Trinajstić information content (AvgIpc) is 3.10. The summed E-state index contributed by atoms with van der Waals surface area (Å²) >= 11 is 0. The lowest BCUT2D eigenvalue weighted by molar-refractivity contribution is -0.132. The zero-order valence-electron chi connectivity index (χ0n) is 19.4. The second-order valence-electron chi connectivity index (χ2n) is 7.89. The van der Waals surface area contributed by atoms with Crippen LogP contribution < -0.4 is 14.4 Å². The number of aryl methyl sites for hydroxylation is 1. The number of carbonyl (C=O) groups is 2. The molecule has 1 amide bonds. The summed E-state index contributed by atoms with van der Waals surface area (Å²) in [4.78, 5) is 28.1. The number of hydrogen-bond acceptors (Lipinski definition) is 5. The van der Waals surface area contributed by atoms with E-state index in [9.17, 15) is 14.7 Å². The van der Waals surface area contributed by atoms with Crippen molar-refractivity contribution in [2.75, 3.05) is 18.1 Å². The van der Waals surface area contributed by atoms with Crippen molar-refractivity contribution < 1.29 is 24.2 Å². The van der Waals surface area contributed by atoms with Crippen LogP contribution in [0.1, 0.15) is 36.6 Å². The maximum absolute atomic E-state index is 13.4. The van der Waals surface area contributed by atoms with Crippen LogP contribution in [0.15, 0.2) is 78.4 Å². The molecule has 34 heavy (non-hydrogen) atoms. The number of benzene rings is 3. The molecule has 1 atom stereocenters. The second-order valence-corrected chi connectivity index (χ2v) is 7.89. The van der Waals surface area contributed by atoms with Crippen molar-refractivity contribution >= 4 is 23.1 Å². The Hall–Kier alpha value is -4.06. The summed E-state index contributed by atoms with van der Waals surface area (Å²) in [6.45, 7) is 6.46. The Kier molecular flexibility index (Phi) is 6.68. The first-order valence-electron chi connectivity index (χ1n) is 11.3. The number of rotatable bonds is 7. The van der Waals surface area contributed by atoms with Gasteiger partial charge in [0.25, 0.3) is 11.7 Å². The number of anilines is 1. The van der Waals surface area contributed by atoms with Gasteiger partial charge in [-0.05, 0) is 56.2 Å². The van der Waals surface area contributed by atoms with Crippen molar-refractivity contribution in [1.82, 2.24) is 0 Å². The fraction of sp³-hybridized carbons (Fsp3) is 0.214. The number of nitrogens with zero attached hydrogens (tertiary/aromatic N) is 1. The lowest BCUT2D eigenvalue weighted by Crippen LogP contribution is -2.29. The van der Waals surface area contributed by atoms with Crippen LogP contribution in [0.4, 0.5) is 5.69 Å². The van der Waals surface area contributed by atoms with E-state index in [1.54, 1.807) is 30.3 Å². The van der Waals surface area contributed by atoms with E-state index in [2.05, 4.69) is 0 Å². The molecule has 0 saturated carbocycles. The molecule has 6 heteroatoms. The van der Waals surface area contributed by atoms with Gasteiger partial charge in [0.15, 0.2) is 0 Å². The Bertz CT molecular complexity index is 1250. The van der Waals surface area contributed by atoms with Gasteiger partial charge in [-0.25, -0.2) is 0 Å². The van der Waals surface area contributed by atoms with Gasteiger partial charge in [-0.3, -0.25) is 14.5 Å². The third-order valence-electron chi connectivity index (χ3n) is 5.78. The topological polar surface area (TPSA) is 76.1 Å². The molecule has 0 bridgehead atoms. The Morgan fingerprint density at radius 2 is 1.59 bits per heavy atom. The molecule has 1 aliphatic rings.